The number of nitrogens with one attached hydrogen (secondary N) is 1. The first kappa shape index (κ1) is 14.7. The minimum Gasteiger partial charge on any atom is -0.310 e. The normalized spacial score (nSPS) is 12.7. The monoisotopic (exact) mass is 275 g/mol. The molecule has 0 aliphatic rings. The molecule has 1 N–H and O–H groups in total. The second-order valence-corrected chi connectivity index (χ2v) is 5.35. The van der Waals surface area contributed by atoms with Gasteiger partial charge in [0.05, 0.1) is 5.69 Å². The molecular weight excluding hydrogens is 253 g/mol. The maximum atomic E-state index is 13.6. The van der Waals surface area contributed by atoms with Crippen LogP contribution in [0.15, 0.2) is 24.3 Å². The second kappa shape index (κ2) is 6.18. The summed E-state index contributed by atoms with van der Waals surface area (Å²) in [5.74, 6) is -0.130. The van der Waals surface area contributed by atoms with Gasteiger partial charge in [-0.2, -0.15) is 5.10 Å². The Hall–Kier alpha value is -1.68. The van der Waals surface area contributed by atoms with Gasteiger partial charge in [-0.1, -0.05) is 18.2 Å². The Morgan fingerprint density at radius 2 is 2.00 bits per heavy atom. The van der Waals surface area contributed by atoms with Crippen molar-refractivity contribution in [1.82, 2.24) is 15.1 Å². The van der Waals surface area contributed by atoms with Crippen LogP contribution < -0.4 is 5.32 Å². The average Bonchev–Trinajstić information content (AvgIpc) is 2.64. The van der Waals surface area contributed by atoms with Gasteiger partial charge in [-0.25, -0.2) is 4.39 Å². The van der Waals surface area contributed by atoms with E-state index < -0.39 is 0 Å². The summed E-state index contributed by atoms with van der Waals surface area (Å²) in [6, 6.07) is 7.16. The first-order valence-electron chi connectivity index (χ1n) is 6.95. The summed E-state index contributed by atoms with van der Waals surface area (Å²) in [4.78, 5) is 0. The molecule has 0 saturated carbocycles. The van der Waals surface area contributed by atoms with Crippen LogP contribution in [0.5, 0.6) is 0 Å². The number of hydrogen-bond acceptors (Lipinski definition) is 2. The Balaban J connectivity index is 1.96. The number of benzene rings is 1. The fourth-order valence-corrected chi connectivity index (χ4v) is 2.42. The van der Waals surface area contributed by atoms with Crippen LogP contribution in [-0.2, 0) is 20.0 Å². The molecule has 3 nitrogen and oxygen atoms in total. The van der Waals surface area contributed by atoms with Gasteiger partial charge >= 0.3 is 0 Å². The third-order valence-corrected chi connectivity index (χ3v) is 3.77. The highest BCUT2D eigenvalue weighted by atomic mass is 19.1. The van der Waals surface area contributed by atoms with Crippen molar-refractivity contribution in [1.29, 1.82) is 0 Å². The minimum absolute atomic E-state index is 0.130. The number of hydrogen-bond donors (Lipinski definition) is 1. The summed E-state index contributed by atoms with van der Waals surface area (Å²) in [6.07, 6.45) is 0.686. The quantitative estimate of drug-likeness (QED) is 0.909. The number of nitrogens with zero attached hydrogens (tertiary/aromatic N) is 2. The Kier molecular flexibility index (Phi) is 4.55. The van der Waals surface area contributed by atoms with Crippen molar-refractivity contribution in [3.63, 3.8) is 0 Å². The van der Waals surface area contributed by atoms with Gasteiger partial charge in [-0.05, 0) is 38.8 Å². The summed E-state index contributed by atoms with van der Waals surface area (Å²) < 4.78 is 15.5. The topological polar surface area (TPSA) is 29.9 Å². The zero-order valence-electron chi connectivity index (χ0n) is 12.6. The largest absolute Gasteiger partial charge is 0.310 e. The molecular formula is C16H22FN3. The lowest BCUT2D eigenvalue weighted by Crippen LogP contribution is -2.28. The smallest absolute Gasteiger partial charge is 0.126 e. The van der Waals surface area contributed by atoms with Crippen LogP contribution in [0.1, 0.15) is 29.4 Å². The van der Waals surface area contributed by atoms with E-state index in [2.05, 4.69) is 24.3 Å². The van der Waals surface area contributed by atoms with Crippen LogP contribution in [0.25, 0.3) is 0 Å². The van der Waals surface area contributed by atoms with E-state index in [0.29, 0.717) is 6.42 Å². The fraction of sp³-hybridized carbons (Fsp3) is 0.438. The predicted molar refractivity (Wildman–Crippen MR) is 79.1 cm³/mol. The second-order valence-electron chi connectivity index (χ2n) is 5.35. The minimum atomic E-state index is -0.130. The van der Waals surface area contributed by atoms with E-state index >= 15 is 0 Å². The first-order chi connectivity index (χ1) is 9.49. The summed E-state index contributed by atoms with van der Waals surface area (Å²) in [6.45, 7) is 6.93. The molecule has 1 aromatic heterocycles. The average molecular weight is 275 g/mol. The number of aromatic nitrogens is 2. The molecule has 2 rings (SSSR count). The van der Waals surface area contributed by atoms with Crippen molar-refractivity contribution >= 4 is 0 Å². The van der Waals surface area contributed by atoms with Crippen LogP contribution in [0.4, 0.5) is 4.39 Å². The lowest BCUT2D eigenvalue weighted by atomic mass is 10.1. The van der Waals surface area contributed by atoms with Gasteiger partial charge in [0, 0.05) is 30.9 Å². The van der Waals surface area contributed by atoms with Crippen molar-refractivity contribution < 1.29 is 4.39 Å². The van der Waals surface area contributed by atoms with Gasteiger partial charge in [0.1, 0.15) is 5.82 Å². The maximum Gasteiger partial charge on any atom is 0.126 e. The van der Waals surface area contributed by atoms with Crippen molar-refractivity contribution in [3.05, 3.63) is 52.6 Å². The first-order valence-corrected chi connectivity index (χ1v) is 6.95. The molecule has 0 saturated heterocycles. The van der Waals surface area contributed by atoms with Gasteiger partial charge in [-0.15, -0.1) is 0 Å². The fourth-order valence-electron chi connectivity index (χ4n) is 2.42. The predicted octanol–water partition coefficient (Wildman–Crippen LogP) is 2.90. The van der Waals surface area contributed by atoms with Gasteiger partial charge in [0.2, 0.25) is 0 Å². The van der Waals surface area contributed by atoms with E-state index in [9.17, 15) is 4.39 Å². The molecule has 0 bridgehead atoms. The molecule has 1 heterocycles. The molecule has 1 atom stereocenters. The van der Waals surface area contributed by atoms with E-state index in [1.807, 2.05) is 30.8 Å². The third-order valence-electron chi connectivity index (χ3n) is 3.77. The Bertz CT molecular complexity index is 589. The third kappa shape index (κ3) is 3.25. The van der Waals surface area contributed by atoms with Crippen LogP contribution >= 0.6 is 0 Å². The van der Waals surface area contributed by atoms with E-state index in [4.69, 9.17) is 0 Å². The summed E-state index contributed by atoms with van der Waals surface area (Å²) in [5.41, 5.74) is 4.21. The highest BCUT2D eigenvalue weighted by Crippen LogP contribution is 2.13. The van der Waals surface area contributed by atoms with Gasteiger partial charge < -0.3 is 5.32 Å². The van der Waals surface area contributed by atoms with Gasteiger partial charge in [0.15, 0.2) is 0 Å². The molecule has 0 fully saturated rings. The van der Waals surface area contributed by atoms with Crippen LogP contribution in [0.2, 0.25) is 0 Å². The molecule has 0 aliphatic heterocycles. The zero-order chi connectivity index (χ0) is 14.7. The molecule has 1 unspecified atom stereocenters. The Morgan fingerprint density at radius 1 is 1.30 bits per heavy atom. The standard InChI is InChI=1S/C16H22FN3/c1-11(9-14-7-5-6-8-16(14)17)18-10-15-12(2)19-20(4)13(15)3/h5-8,11,18H,9-10H2,1-4H3. The van der Waals surface area contributed by atoms with Crippen molar-refractivity contribution in [3.8, 4) is 0 Å². The molecule has 20 heavy (non-hydrogen) atoms. The molecule has 108 valence electrons. The van der Waals surface area contributed by atoms with Crippen molar-refractivity contribution in [2.75, 3.05) is 0 Å². The highest BCUT2D eigenvalue weighted by molar-refractivity contribution is 5.24. The molecule has 0 aliphatic carbocycles. The van der Waals surface area contributed by atoms with E-state index in [1.165, 1.54) is 17.3 Å². The molecule has 1 aromatic carbocycles. The highest BCUT2D eigenvalue weighted by Gasteiger charge is 2.11. The van der Waals surface area contributed by atoms with E-state index in [-0.39, 0.29) is 11.9 Å². The van der Waals surface area contributed by atoms with Gasteiger partial charge in [-0.3, -0.25) is 4.68 Å². The van der Waals surface area contributed by atoms with Gasteiger partial charge in [0.25, 0.3) is 0 Å². The molecule has 4 heteroatoms. The maximum absolute atomic E-state index is 13.6. The Labute approximate surface area is 119 Å². The van der Waals surface area contributed by atoms with Crippen molar-refractivity contribution in [2.24, 2.45) is 7.05 Å². The molecule has 0 radical (unpaired) electrons. The number of rotatable bonds is 5. The molecule has 2 aromatic rings. The lowest BCUT2D eigenvalue weighted by molar-refractivity contribution is 0.524. The molecule has 0 amide bonds. The van der Waals surface area contributed by atoms with E-state index in [0.717, 1.165) is 17.8 Å². The zero-order valence-corrected chi connectivity index (χ0v) is 12.6. The summed E-state index contributed by atoms with van der Waals surface area (Å²) in [7, 11) is 1.95. The number of halogens is 1. The SMILES string of the molecule is Cc1nn(C)c(C)c1CNC(C)Cc1ccccc1F. The van der Waals surface area contributed by atoms with Crippen LogP contribution in [0.3, 0.4) is 0 Å². The van der Waals surface area contributed by atoms with Crippen molar-refractivity contribution in [2.45, 2.75) is 39.8 Å². The Morgan fingerprint density at radius 3 is 2.60 bits per heavy atom. The lowest BCUT2D eigenvalue weighted by Gasteiger charge is -2.14. The van der Waals surface area contributed by atoms with Crippen LogP contribution in [-0.4, -0.2) is 15.8 Å². The molecule has 0 spiro atoms. The van der Waals surface area contributed by atoms with E-state index in [1.54, 1.807) is 6.07 Å². The van der Waals surface area contributed by atoms with Crippen LogP contribution in [0, 0.1) is 19.7 Å². The summed E-state index contributed by atoms with van der Waals surface area (Å²) >= 11 is 0. The number of aryl methyl sites for hydroxylation is 2. The summed E-state index contributed by atoms with van der Waals surface area (Å²) in [5, 5.41) is 7.85.